The molecule has 7 nitrogen and oxygen atoms in total. The fourth-order valence-corrected chi connectivity index (χ4v) is 8.00. The molecule has 2 saturated carbocycles. The van der Waals surface area contributed by atoms with Crippen LogP contribution in [-0.2, 0) is 16.1 Å². The summed E-state index contributed by atoms with van der Waals surface area (Å²) in [7, 11) is 0. The lowest BCUT2D eigenvalue weighted by Crippen LogP contribution is -2.63. The van der Waals surface area contributed by atoms with Crippen LogP contribution in [0.5, 0.6) is 0 Å². The van der Waals surface area contributed by atoms with Crippen molar-refractivity contribution in [3.05, 3.63) is 40.0 Å². The Hall–Kier alpha value is -2.07. The third-order valence-electron chi connectivity index (χ3n) is 8.82. The second kappa shape index (κ2) is 8.46. The summed E-state index contributed by atoms with van der Waals surface area (Å²) in [5.74, 6) is -0.415. The normalized spacial score (nSPS) is 26.5. The molecule has 0 bridgehead atoms. The van der Waals surface area contributed by atoms with Crippen molar-refractivity contribution in [2.75, 3.05) is 18.4 Å². The number of thiophene rings is 1. The number of anilines is 1. The van der Waals surface area contributed by atoms with Crippen LogP contribution in [0.4, 0.5) is 5.69 Å². The van der Waals surface area contributed by atoms with E-state index in [1.807, 2.05) is 32.0 Å². The number of rotatable bonds is 5. The predicted molar refractivity (Wildman–Crippen MR) is 151 cm³/mol. The smallest absolute Gasteiger partial charge is 0.234 e. The van der Waals surface area contributed by atoms with Crippen LogP contribution in [0.25, 0.3) is 21.5 Å². The van der Waals surface area contributed by atoms with Crippen molar-refractivity contribution in [1.29, 1.82) is 0 Å². The number of hydrogen-bond donors (Lipinski definition) is 2. The predicted octanol–water partition coefficient (Wildman–Crippen LogP) is 5.20. The first kappa shape index (κ1) is 25.2. The molecule has 3 aromatic heterocycles. The number of carbonyl (C=O) groups excluding carboxylic acids is 2. The summed E-state index contributed by atoms with van der Waals surface area (Å²) in [6.07, 6.45) is 4.11. The summed E-state index contributed by atoms with van der Waals surface area (Å²) >= 11 is 8.00. The van der Waals surface area contributed by atoms with Gasteiger partial charge < -0.3 is 10.6 Å². The molecule has 2 aliphatic carbocycles. The summed E-state index contributed by atoms with van der Waals surface area (Å²) in [6, 6.07) is 6.30. The lowest BCUT2D eigenvalue weighted by atomic mass is 9.61. The third kappa shape index (κ3) is 3.76. The molecule has 3 aromatic rings. The molecular weight excluding hydrogens is 574 g/mol. The van der Waals surface area contributed by atoms with Crippen LogP contribution < -0.4 is 10.6 Å². The zero-order valence-corrected chi connectivity index (χ0v) is 24.2. The minimum atomic E-state index is -0.200. The van der Waals surface area contributed by atoms with Gasteiger partial charge in [0.15, 0.2) is 0 Å². The van der Waals surface area contributed by atoms with E-state index in [0.29, 0.717) is 23.2 Å². The largest absolute Gasteiger partial charge is 0.380 e. The SMILES string of the molecule is Br.Cc1cc(Cl)nc(-c2ccnc3cc(CN4C(=O)C5C(C4=O)C5(C)C)sc23)c1NC1CC2(CNC2)C1. The highest BCUT2D eigenvalue weighted by Crippen LogP contribution is 2.63. The number of nitrogens with one attached hydrogen (secondary N) is 2. The zero-order valence-electron chi connectivity index (χ0n) is 20.9. The van der Waals surface area contributed by atoms with E-state index in [4.69, 9.17) is 16.6 Å². The van der Waals surface area contributed by atoms with Crippen LogP contribution in [-0.4, -0.2) is 45.8 Å². The molecule has 4 aliphatic rings. The molecule has 2 aliphatic heterocycles. The van der Waals surface area contributed by atoms with Crippen molar-refractivity contribution in [2.24, 2.45) is 22.7 Å². The lowest BCUT2D eigenvalue weighted by Gasteiger charge is -2.54. The number of carbonyl (C=O) groups is 2. The molecule has 37 heavy (non-hydrogen) atoms. The summed E-state index contributed by atoms with van der Waals surface area (Å²) < 4.78 is 0.988. The van der Waals surface area contributed by atoms with E-state index >= 15 is 0 Å². The molecule has 7 rings (SSSR count). The maximum absolute atomic E-state index is 12.9. The Morgan fingerprint density at radius 3 is 2.54 bits per heavy atom. The van der Waals surface area contributed by atoms with E-state index in [1.54, 1.807) is 17.5 Å². The van der Waals surface area contributed by atoms with E-state index < -0.39 is 0 Å². The summed E-state index contributed by atoms with van der Waals surface area (Å²) in [5, 5.41) is 7.62. The molecule has 2 amide bonds. The van der Waals surface area contributed by atoms with Crippen molar-refractivity contribution in [3.63, 3.8) is 0 Å². The van der Waals surface area contributed by atoms with Crippen molar-refractivity contribution >= 4 is 67.6 Å². The molecule has 0 aromatic carbocycles. The number of likely N-dealkylation sites (tertiary alicyclic amines) is 1. The van der Waals surface area contributed by atoms with Gasteiger partial charge >= 0.3 is 0 Å². The van der Waals surface area contributed by atoms with Gasteiger partial charge in [-0.05, 0) is 54.4 Å². The van der Waals surface area contributed by atoms with Gasteiger partial charge in [-0.15, -0.1) is 28.3 Å². The first-order chi connectivity index (χ1) is 17.2. The Kier molecular flexibility index (Phi) is 5.77. The summed E-state index contributed by atoms with van der Waals surface area (Å²) in [6.45, 7) is 8.59. The van der Waals surface area contributed by atoms with Crippen molar-refractivity contribution in [3.8, 4) is 11.3 Å². The van der Waals surface area contributed by atoms with Gasteiger partial charge in [0.1, 0.15) is 5.15 Å². The van der Waals surface area contributed by atoms with Gasteiger partial charge in [0.25, 0.3) is 0 Å². The molecular formula is C27H29BrClN5O2S. The standard InChI is InChI=1S/C27H28ClN5O2S.BrH/c1-13-6-18(28)32-22(21(13)31-14-8-27(9-14)11-29-12-27)16-4-5-30-17-7-15(36-23(16)17)10-33-24(34)19-20(25(33)35)26(19,2)3;/h4-7,14,19-20,29,31H,8-12H2,1-3H3;1H. The van der Waals surface area contributed by atoms with Gasteiger partial charge in [-0.1, -0.05) is 25.4 Å². The van der Waals surface area contributed by atoms with E-state index in [-0.39, 0.29) is 46.0 Å². The van der Waals surface area contributed by atoms with Gasteiger partial charge in [-0.25, -0.2) is 4.98 Å². The molecule has 2 unspecified atom stereocenters. The number of aryl methyl sites for hydroxylation is 1. The topological polar surface area (TPSA) is 87.2 Å². The number of pyridine rings is 2. The molecule has 2 N–H and O–H groups in total. The van der Waals surface area contributed by atoms with Gasteiger partial charge in [-0.2, -0.15) is 0 Å². The minimum absolute atomic E-state index is 0. The summed E-state index contributed by atoms with van der Waals surface area (Å²) in [5.41, 5.74) is 4.98. The molecule has 194 valence electrons. The van der Waals surface area contributed by atoms with Crippen molar-refractivity contribution in [1.82, 2.24) is 20.2 Å². The number of nitrogens with zero attached hydrogens (tertiary/aromatic N) is 3. The Balaban J connectivity index is 0.00000252. The van der Waals surface area contributed by atoms with E-state index in [0.717, 1.165) is 63.5 Å². The zero-order chi connectivity index (χ0) is 25.0. The van der Waals surface area contributed by atoms with Gasteiger partial charge in [0, 0.05) is 35.8 Å². The first-order valence-electron chi connectivity index (χ1n) is 12.5. The Morgan fingerprint density at radius 1 is 1.19 bits per heavy atom. The van der Waals surface area contributed by atoms with Crippen molar-refractivity contribution in [2.45, 2.75) is 46.2 Å². The fourth-order valence-electron chi connectivity index (χ4n) is 6.64. The van der Waals surface area contributed by atoms with Gasteiger partial charge in [0.05, 0.1) is 40.0 Å². The van der Waals surface area contributed by atoms with Crippen LogP contribution in [0.15, 0.2) is 24.4 Å². The summed E-state index contributed by atoms with van der Waals surface area (Å²) in [4.78, 5) is 37.4. The van der Waals surface area contributed by atoms with Crippen LogP contribution >= 0.6 is 39.9 Å². The lowest BCUT2D eigenvalue weighted by molar-refractivity contribution is -0.143. The fraction of sp³-hybridized carbons (Fsp3) is 0.481. The quantitative estimate of drug-likeness (QED) is 0.308. The second-order valence-corrected chi connectivity index (χ2v) is 13.2. The maximum atomic E-state index is 12.9. The number of amides is 2. The van der Waals surface area contributed by atoms with Crippen LogP contribution in [0, 0.1) is 29.6 Å². The van der Waals surface area contributed by atoms with E-state index in [2.05, 4.69) is 22.5 Å². The number of aromatic nitrogens is 2. The molecule has 2 saturated heterocycles. The number of imide groups is 1. The van der Waals surface area contributed by atoms with Gasteiger partial charge in [-0.3, -0.25) is 19.5 Å². The second-order valence-electron chi connectivity index (χ2n) is 11.7. The van der Waals surface area contributed by atoms with Crippen molar-refractivity contribution < 1.29 is 9.59 Å². The number of hydrogen-bond acceptors (Lipinski definition) is 7. The number of fused-ring (bicyclic) bond motifs is 2. The third-order valence-corrected chi connectivity index (χ3v) is 10.2. The highest BCUT2D eigenvalue weighted by Gasteiger charge is 2.72. The monoisotopic (exact) mass is 601 g/mol. The van der Waals surface area contributed by atoms with Gasteiger partial charge in [0.2, 0.25) is 11.8 Å². The molecule has 4 fully saturated rings. The first-order valence-corrected chi connectivity index (χ1v) is 13.7. The molecule has 0 radical (unpaired) electrons. The average molecular weight is 603 g/mol. The highest BCUT2D eigenvalue weighted by molar-refractivity contribution is 8.93. The highest BCUT2D eigenvalue weighted by atomic mass is 79.9. The molecule has 1 spiro atoms. The molecule has 10 heteroatoms. The van der Waals surface area contributed by atoms with E-state index in [9.17, 15) is 9.59 Å². The average Bonchev–Trinajstić information content (AvgIpc) is 3.01. The van der Waals surface area contributed by atoms with E-state index in [1.165, 1.54) is 4.90 Å². The molecule has 5 heterocycles. The Labute approximate surface area is 235 Å². The number of halogens is 2. The molecule has 2 atom stereocenters. The Morgan fingerprint density at radius 2 is 1.89 bits per heavy atom. The minimum Gasteiger partial charge on any atom is -0.380 e. The van der Waals surface area contributed by atoms with Crippen LogP contribution in [0.3, 0.4) is 0 Å². The van der Waals surface area contributed by atoms with Crippen LogP contribution in [0.1, 0.15) is 37.1 Å². The maximum Gasteiger partial charge on any atom is 0.234 e. The Bertz CT molecular complexity index is 1440. The number of piperidine rings is 1. The van der Waals surface area contributed by atoms with Crippen LogP contribution in [0.2, 0.25) is 5.15 Å².